The maximum atomic E-state index is 5.81. The lowest BCUT2D eigenvalue weighted by atomic mass is 10.2. The van der Waals surface area contributed by atoms with Crippen LogP contribution in [0, 0.1) is 0 Å². The molecule has 1 heterocycles. The van der Waals surface area contributed by atoms with E-state index in [9.17, 15) is 0 Å². The van der Waals surface area contributed by atoms with Crippen molar-refractivity contribution in [3.05, 3.63) is 72.8 Å². The Morgan fingerprint density at radius 1 is 0.562 bits per heavy atom. The van der Waals surface area contributed by atoms with Crippen molar-refractivity contribution in [2.75, 3.05) is 27.4 Å². The van der Waals surface area contributed by atoms with Crippen LogP contribution in [0.15, 0.2) is 77.2 Å². The van der Waals surface area contributed by atoms with Crippen molar-refractivity contribution in [2.45, 2.75) is 6.42 Å². The van der Waals surface area contributed by atoms with E-state index >= 15 is 0 Å². The monoisotopic (exact) mass is 432 g/mol. The molecule has 0 aliphatic carbocycles. The van der Waals surface area contributed by atoms with Gasteiger partial charge in [0, 0.05) is 17.5 Å². The highest BCUT2D eigenvalue weighted by atomic mass is 16.5. The van der Waals surface area contributed by atoms with Crippen LogP contribution < -0.4 is 18.9 Å². The average Bonchev–Trinajstić information content (AvgIpc) is 3.35. The minimum Gasteiger partial charge on any atom is -0.497 e. The minimum absolute atomic E-state index is 0.454. The fourth-order valence-corrected chi connectivity index (χ4v) is 2.99. The lowest BCUT2D eigenvalue weighted by Crippen LogP contribution is -2.04. The van der Waals surface area contributed by atoms with Crippen LogP contribution >= 0.6 is 0 Å². The molecule has 0 aliphatic heterocycles. The second-order valence-electron chi connectivity index (χ2n) is 6.89. The Morgan fingerprint density at radius 2 is 0.938 bits per heavy atom. The molecule has 1 aromatic heterocycles. The van der Waals surface area contributed by atoms with Gasteiger partial charge >= 0.3 is 0 Å². The van der Waals surface area contributed by atoms with Crippen LogP contribution in [0.4, 0.5) is 0 Å². The van der Waals surface area contributed by atoms with E-state index in [0.717, 1.165) is 40.5 Å². The predicted octanol–water partition coefficient (Wildman–Crippen LogP) is 5.27. The Kier molecular flexibility index (Phi) is 6.87. The molecule has 164 valence electrons. The Balaban J connectivity index is 1.25. The second-order valence-corrected chi connectivity index (χ2v) is 6.89. The van der Waals surface area contributed by atoms with Crippen LogP contribution in [0.5, 0.6) is 23.0 Å². The van der Waals surface area contributed by atoms with Gasteiger partial charge in [-0.05, 0) is 72.8 Å². The molecule has 3 aromatic carbocycles. The van der Waals surface area contributed by atoms with Gasteiger partial charge in [-0.25, -0.2) is 0 Å². The highest BCUT2D eigenvalue weighted by Gasteiger charge is 2.11. The second kappa shape index (κ2) is 10.3. The van der Waals surface area contributed by atoms with Crippen LogP contribution in [0.2, 0.25) is 0 Å². The Labute approximate surface area is 186 Å². The molecule has 0 bridgehead atoms. The molecule has 0 radical (unpaired) electrons. The molecule has 7 heteroatoms. The van der Waals surface area contributed by atoms with E-state index in [1.807, 2.05) is 72.8 Å². The van der Waals surface area contributed by atoms with Crippen LogP contribution in [0.1, 0.15) is 6.42 Å². The summed E-state index contributed by atoms with van der Waals surface area (Å²) in [5.41, 5.74) is 1.66. The number of aromatic nitrogens is 2. The molecular formula is C25H24N2O5. The summed E-state index contributed by atoms with van der Waals surface area (Å²) < 4.78 is 27.6. The molecule has 0 amide bonds. The summed E-state index contributed by atoms with van der Waals surface area (Å²) in [5.74, 6) is 4.07. The molecule has 4 rings (SSSR count). The first-order chi connectivity index (χ1) is 15.7. The molecule has 0 aliphatic rings. The zero-order valence-corrected chi connectivity index (χ0v) is 18.0. The first-order valence-corrected chi connectivity index (χ1v) is 10.2. The Morgan fingerprint density at radius 3 is 1.38 bits per heavy atom. The maximum Gasteiger partial charge on any atom is 0.248 e. The number of rotatable bonds is 10. The van der Waals surface area contributed by atoms with Crippen molar-refractivity contribution in [1.82, 2.24) is 10.2 Å². The number of hydrogen-bond acceptors (Lipinski definition) is 7. The largest absolute Gasteiger partial charge is 0.497 e. The summed E-state index contributed by atoms with van der Waals surface area (Å²) in [6.45, 7) is 1.12. The Bertz CT molecular complexity index is 1110. The van der Waals surface area contributed by atoms with E-state index in [0.29, 0.717) is 25.0 Å². The molecule has 0 N–H and O–H groups in total. The number of ether oxygens (including phenoxy) is 4. The van der Waals surface area contributed by atoms with Gasteiger partial charge in [-0.15, -0.1) is 10.2 Å². The summed E-state index contributed by atoms with van der Waals surface area (Å²) in [7, 11) is 3.27. The number of methoxy groups -OCH3 is 2. The van der Waals surface area contributed by atoms with Crippen LogP contribution in [-0.4, -0.2) is 37.6 Å². The third-order valence-corrected chi connectivity index (χ3v) is 4.75. The van der Waals surface area contributed by atoms with Gasteiger partial charge in [0.15, 0.2) is 0 Å². The summed E-state index contributed by atoms with van der Waals surface area (Å²) in [4.78, 5) is 0. The van der Waals surface area contributed by atoms with Gasteiger partial charge < -0.3 is 23.4 Å². The predicted molar refractivity (Wildman–Crippen MR) is 120 cm³/mol. The van der Waals surface area contributed by atoms with E-state index in [1.54, 1.807) is 14.2 Å². The van der Waals surface area contributed by atoms with E-state index in [4.69, 9.17) is 23.4 Å². The summed E-state index contributed by atoms with van der Waals surface area (Å²) in [5, 5.41) is 8.28. The van der Waals surface area contributed by atoms with Crippen molar-refractivity contribution in [3.63, 3.8) is 0 Å². The van der Waals surface area contributed by atoms with Crippen LogP contribution in [0.3, 0.4) is 0 Å². The Hall–Kier alpha value is -4.00. The lowest BCUT2D eigenvalue weighted by molar-refractivity contribution is 0.247. The van der Waals surface area contributed by atoms with Crippen molar-refractivity contribution in [3.8, 4) is 45.9 Å². The van der Waals surface area contributed by atoms with Crippen molar-refractivity contribution in [2.24, 2.45) is 0 Å². The van der Waals surface area contributed by atoms with Gasteiger partial charge in [-0.2, -0.15) is 0 Å². The number of benzene rings is 3. The van der Waals surface area contributed by atoms with Crippen molar-refractivity contribution in [1.29, 1.82) is 0 Å². The molecule has 0 spiro atoms. The maximum absolute atomic E-state index is 5.81. The fourth-order valence-electron chi connectivity index (χ4n) is 2.99. The van der Waals surface area contributed by atoms with Gasteiger partial charge in [0.2, 0.25) is 11.8 Å². The van der Waals surface area contributed by atoms with Gasteiger partial charge in [0.25, 0.3) is 0 Å². The smallest absolute Gasteiger partial charge is 0.248 e. The zero-order chi connectivity index (χ0) is 22.2. The standard InChI is InChI=1S/C25H24N2O5/c1-28-20-8-4-18(5-9-20)24-26-27-25(32-24)19-6-10-22(11-7-19)30-16-3-17-31-23-14-12-21(29-2)13-15-23/h4-15H,3,16-17H2,1-2H3. The normalized spacial score (nSPS) is 10.6. The summed E-state index contributed by atoms with van der Waals surface area (Å²) >= 11 is 0. The molecule has 0 unspecified atom stereocenters. The van der Waals surface area contributed by atoms with Gasteiger partial charge in [0.05, 0.1) is 27.4 Å². The van der Waals surface area contributed by atoms with E-state index in [1.165, 1.54) is 0 Å². The molecule has 0 saturated carbocycles. The number of nitrogens with zero attached hydrogens (tertiary/aromatic N) is 2. The third kappa shape index (κ3) is 5.37. The first-order valence-electron chi connectivity index (χ1n) is 10.2. The summed E-state index contributed by atoms with van der Waals surface area (Å²) in [6.07, 6.45) is 0.767. The molecule has 7 nitrogen and oxygen atoms in total. The molecule has 0 saturated heterocycles. The lowest BCUT2D eigenvalue weighted by Gasteiger charge is -2.08. The topological polar surface area (TPSA) is 75.8 Å². The van der Waals surface area contributed by atoms with E-state index in [-0.39, 0.29) is 0 Å². The van der Waals surface area contributed by atoms with Crippen molar-refractivity contribution >= 4 is 0 Å². The quantitative estimate of drug-likeness (QED) is 0.316. The third-order valence-electron chi connectivity index (χ3n) is 4.75. The SMILES string of the molecule is COc1ccc(OCCCOc2ccc(-c3nnc(-c4ccc(OC)cc4)o3)cc2)cc1. The van der Waals surface area contributed by atoms with Crippen LogP contribution in [0.25, 0.3) is 22.9 Å². The van der Waals surface area contributed by atoms with Gasteiger partial charge in [-0.3, -0.25) is 0 Å². The highest BCUT2D eigenvalue weighted by Crippen LogP contribution is 2.26. The van der Waals surface area contributed by atoms with Gasteiger partial charge in [0.1, 0.15) is 23.0 Å². The molecule has 32 heavy (non-hydrogen) atoms. The first kappa shape index (κ1) is 21.2. The summed E-state index contributed by atoms with van der Waals surface area (Å²) in [6, 6.07) is 22.5. The molecule has 0 fully saturated rings. The van der Waals surface area contributed by atoms with E-state index < -0.39 is 0 Å². The molecular weight excluding hydrogens is 408 g/mol. The zero-order valence-electron chi connectivity index (χ0n) is 18.0. The molecule has 0 atom stereocenters. The number of hydrogen-bond donors (Lipinski definition) is 0. The van der Waals surface area contributed by atoms with E-state index in [2.05, 4.69) is 10.2 Å². The average molecular weight is 432 g/mol. The van der Waals surface area contributed by atoms with Gasteiger partial charge in [-0.1, -0.05) is 0 Å². The van der Waals surface area contributed by atoms with Crippen LogP contribution in [-0.2, 0) is 0 Å². The highest BCUT2D eigenvalue weighted by molar-refractivity contribution is 5.59. The molecule has 4 aromatic rings. The fraction of sp³-hybridized carbons (Fsp3) is 0.200. The van der Waals surface area contributed by atoms with Crippen molar-refractivity contribution < 1.29 is 23.4 Å². The minimum atomic E-state index is 0.454.